The molecule has 0 amide bonds. The summed E-state index contributed by atoms with van der Waals surface area (Å²) in [5.41, 5.74) is -0.418. The van der Waals surface area contributed by atoms with Gasteiger partial charge in [0.25, 0.3) is 0 Å². The largest absolute Gasteiger partial charge is 0.494 e. The fraction of sp³-hybridized carbons (Fsp3) is 0.500. The van der Waals surface area contributed by atoms with Gasteiger partial charge >= 0.3 is 0 Å². The Morgan fingerprint density at radius 1 is 1.28 bits per heavy atom. The average Bonchev–Trinajstić information content (AvgIpc) is 2.87. The van der Waals surface area contributed by atoms with Crippen LogP contribution in [-0.2, 0) is 4.74 Å². The maximum Gasteiger partial charge on any atom is 0.194 e. The molecule has 0 unspecified atom stereocenters. The highest BCUT2D eigenvalue weighted by Gasteiger charge is 2.41. The van der Waals surface area contributed by atoms with Gasteiger partial charge in [-0.05, 0) is 43.9 Å². The summed E-state index contributed by atoms with van der Waals surface area (Å²) in [5.74, 6) is -0.513. The van der Waals surface area contributed by atoms with Gasteiger partial charge in [0.15, 0.2) is 17.3 Å². The van der Waals surface area contributed by atoms with Crippen molar-refractivity contribution in [2.45, 2.75) is 31.3 Å². The van der Waals surface area contributed by atoms with E-state index in [1.54, 1.807) is 13.2 Å². The molecule has 3 nitrogen and oxygen atoms in total. The van der Waals surface area contributed by atoms with Gasteiger partial charge in [0, 0.05) is 12.7 Å². The summed E-state index contributed by atoms with van der Waals surface area (Å²) in [7, 11) is 2.94. The fourth-order valence-electron chi connectivity index (χ4n) is 2.54. The molecule has 0 spiro atoms. The maximum absolute atomic E-state index is 13.6. The van der Waals surface area contributed by atoms with Gasteiger partial charge < -0.3 is 9.47 Å². The highest BCUT2D eigenvalue weighted by atomic mass is 19.1. The van der Waals surface area contributed by atoms with Crippen molar-refractivity contribution in [3.05, 3.63) is 29.6 Å². The second-order valence-electron chi connectivity index (χ2n) is 4.58. The van der Waals surface area contributed by atoms with Crippen molar-refractivity contribution < 1.29 is 18.7 Å². The molecule has 1 aromatic carbocycles. The second-order valence-corrected chi connectivity index (χ2v) is 4.58. The number of hydrogen-bond donors (Lipinski definition) is 0. The number of ether oxygens (including phenoxy) is 2. The Morgan fingerprint density at radius 3 is 2.44 bits per heavy atom. The van der Waals surface area contributed by atoms with Crippen LogP contribution in [0.5, 0.6) is 5.75 Å². The maximum atomic E-state index is 13.6. The van der Waals surface area contributed by atoms with E-state index >= 15 is 0 Å². The Labute approximate surface area is 106 Å². The first kappa shape index (κ1) is 13.0. The molecule has 4 heteroatoms. The summed E-state index contributed by atoms with van der Waals surface area (Å²) in [6.07, 6.45) is 3.35. The normalized spacial score (nSPS) is 17.7. The Kier molecular flexibility index (Phi) is 3.66. The lowest BCUT2D eigenvalue weighted by Gasteiger charge is -2.25. The SMILES string of the molecule is COc1ccc(C(=O)C2(OC)CCCC2)cc1F. The van der Waals surface area contributed by atoms with Gasteiger partial charge in [0.1, 0.15) is 5.60 Å². The average molecular weight is 252 g/mol. The summed E-state index contributed by atoms with van der Waals surface area (Å²) in [6, 6.07) is 4.28. The van der Waals surface area contributed by atoms with Crippen molar-refractivity contribution in [2.75, 3.05) is 14.2 Å². The summed E-state index contributed by atoms with van der Waals surface area (Å²) in [6.45, 7) is 0. The number of hydrogen-bond acceptors (Lipinski definition) is 3. The molecular weight excluding hydrogens is 235 g/mol. The molecule has 0 heterocycles. The molecule has 18 heavy (non-hydrogen) atoms. The van der Waals surface area contributed by atoms with Gasteiger partial charge in [-0.3, -0.25) is 4.79 Å². The molecule has 0 radical (unpaired) electrons. The molecule has 2 rings (SSSR count). The van der Waals surface area contributed by atoms with E-state index in [0.29, 0.717) is 18.4 Å². The molecule has 1 aliphatic rings. The standard InChI is InChI=1S/C14H17FO3/c1-17-12-6-5-10(9-11(12)15)13(16)14(18-2)7-3-4-8-14/h5-6,9H,3-4,7-8H2,1-2H3. The number of benzene rings is 1. The predicted molar refractivity (Wildman–Crippen MR) is 65.5 cm³/mol. The van der Waals surface area contributed by atoms with Gasteiger partial charge in [-0.15, -0.1) is 0 Å². The summed E-state index contributed by atoms with van der Waals surface area (Å²) >= 11 is 0. The van der Waals surface area contributed by atoms with Crippen molar-refractivity contribution in [1.29, 1.82) is 0 Å². The first-order valence-electron chi connectivity index (χ1n) is 6.06. The molecule has 0 N–H and O–H groups in total. The Morgan fingerprint density at radius 2 is 1.94 bits per heavy atom. The van der Waals surface area contributed by atoms with E-state index in [1.807, 2.05) is 0 Å². The molecule has 1 saturated carbocycles. The molecule has 0 saturated heterocycles. The van der Waals surface area contributed by atoms with Crippen LogP contribution in [0.3, 0.4) is 0 Å². The molecule has 1 fully saturated rings. The number of methoxy groups -OCH3 is 2. The van der Waals surface area contributed by atoms with Crippen LogP contribution in [0.2, 0.25) is 0 Å². The molecule has 1 aliphatic carbocycles. The predicted octanol–water partition coefficient (Wildman–Crippen LogP) is 2.98. The van der Waals surface area contributed by atoms with E-state index in [4.69, 9.17) is 9.47 Å². The van der Waals surface area contributed by atoms with Gasteiger partial charge in [-0.1, -0.05) is 0 Å². The third-order valence-electron chi connectivity index (χ3n) is 3.63. The number of Topliss-reactive ketones (excluding diaryl/α,β-unsaturated/α-hetero) is 1. The zero-order valence-corrected chi connectivity index (χ0v) is 10.7. The van der Waals surface area contributed by atoms with Crippen molar-refractivity contribution >= 4 is 5.78 Å². The Bertz CT molecular complexity index is 450. The summed E-state index contributed by atoms with van der Waals surface area (Å²) in [5, 5.41) is 0. The van der Waals surface area contributed by atoms with Crippen molar-refractivity contribution in [3.8, 4) is 5.75 Å². The van der Waals surface area contributed by atoms with Crippen LogP contribution in [0, 0.1) is 5.82 Å². The Balaban J connectivity index is 2.31. The first-order valence-corrected chi connectivity index (χ1v) is 6.06. The second kappa shape index (κ2) is 5.06. The number of rotatable bonds is 4. The molecular formula is C14H17FO3. The monoisotopic (exact) mass is 252 g/mol. The van der Waals surface area contributed by atoms with Crippen molar-refractivity contribution in [3.63, 3.8) is 0 Å². The molecule has 98 valence electrons. The van der Waals surface area contributed by atoms with E-state index < -0.39 is 11.4 Å². The highest BCUT2D eigenvalue weighted by molar-refractivity contribution is 6.02. The summed E-state index contributed by atoms with van der Waals surface area (Å²) in [4.78, 5) is 12.4. The number of ketones is 1. The minimum Gasteiger partial charge on any atom is -0.494 e. The number of carbonyl (C=O) groups excluding carboxylic acids is 1. The molecule has 0 atom stereocenters. The van der Waals surface area contributed by atoms with E-state index in [0.717, 1.165) is 12.8 Å². The van der Waals surface area contributed by atoms with Crippen LogP contribution >= 0.6 is 0 Å². The lowest BCUT2D eigenvalue weighted by molar-refractivity contribution is 0.00599. The van der Waals surface area contributed by atoms with Crippen LogP contribution in [0.4, 0.5) is 4.39 Å². The Hall–Kier alpha value is -1.42. The molecule has 0 aromatic heterocycles. The lowest BCUT2D eigenvalue weighted by Crippen LogP contribution is -2.37. The van der Waals surface area contributed by atoms with E-state index in [2.05, 4.69) is 0 Å². The van der Waals surface area contributed by atoms with Gasteiger partial charge in [0.05, 0.1) is 7.11 Å². The third-order valence-corrected chi connectivity index (χ3v) is 3.63. The van der Waals surface area contributed by atoms with Gasteiger partial charge in [-0.25, -0.2) is 4.39 Å². The number of halogens is 1. The van der Waals surface area contributed by atoms with Gasteiger partial charge in [0.2, 0.25) is 0 Å². The zero-order chi connectivity index (χ0) is 13.2. The van der Waals surface area contributed by atoms with Crippen LogP contribution in [0.1, 0.15) is 36.0 Å². The molecule has 0 aliphatic heterocycles. The van der Waals surface area contributed by atoms with Crippen LogP contribution in [0.15, 0.2) is 18.2 Å². The topological polar surface area (TPSA) is 35.5 Å². The van der Waals surface area contributed by atoms with E-state index in [9.17, 15) is 9.18 Å². The van der Waals surface area contributed by atoms with Crippen LogP contribution in [-0.4, -0.2) is 25.6 Å². The molecule has 0 bridgehead atoms. The van der Waals surface area contributed by atoms with E-state index in [-0.39, 0.29) is 11.5 Å². The third kappa shape index (κ3) is 2.12. The zero-order valence-electron chi connectivity index (χ0n) is 10.7. The fourth-order valence-corrected chi connectivity index (χ4v) is 2.54. The minimum absolute atomic E-state index is 0.135. The van der Waals surface area contributed by atoms with Crippen molar-refractivity contribution in [1.82, 2.24) is 0 Å². The van der Waals surface area contributed by atoms with Crippen LogP contribution in [0.25, 0.3) is 0 Å². The minimum atomic E-state index is -0.763. The molecule has 1 aromatic rings. The van der Waals surface area contributed by atoms with Gasteiger partial charge in [-0.2, -0.15) is 0 Å². The van der Waals surface area contributed by atoms with E-state index in [1.165, 1.54) is 19.2 Å². The highest BCUT2D eigenvalue weighted by Crippen LogP contribution is 2.36. The lowest BCUT2D eigenvalue weighted by atomic mass is 9.91. The van der Waals surface area contributed by atoms with Crippen molar-refractivity contribution in [2.24, 2.45) is 0 Å². The van der Waals surface area contributed by atoms with Crippen LogP contribution < -0.4 is 4.74 Å². The number of carbonyl (C=O) groups is 1. The first-order chi connectivity index (χ1) is 8.63. The smallest absolute Gasteiger partial charge is 0.194 e. The summed E-state index contributed by atoms with van der Waals surface area (Å²) < 4.78 is 23.9. The quantitative estimate of drug-likeness (QED) is 0.773.